The Kier molecular flexibility index (Phi) is 5.25. The Balaban J connectivity index is 3.07. The monoisotopic (exact) mass is 238 g/mol. The Morgan fingerprint density at radius 2 is 2.00 bits per heavy atom. The van der Waals surface area contributed by atoms with Gasteiger partial charge in [0.1, 0.15) is 5.75 Å². The van der Waals surface area contributed by atoms with Crippen LogP contribution in [0.3, 0.4) is 0 Å². The van der Waals surface area contributed by atoms with Gasteiger partial charge in [0.15, 0.2) is 0 Å². The van der Waals surface area contributed by atoms with Gasteiger partial charge in [-0.1, -0.05) is 6.07 Å². The van der Waals surface area contributed by atoms with Gasteiger partial charge in [0, 0.05) is 30.4 Å². The van der Waals surface area contributed by atoms with Gasteiger partial charge in [-0.15, -0.1) is 0 Å². The lowest BCUT2D eigenvalue weighted by Gasteiger charge is -2.23. The standard InChI is InChI=1S/C13H22N2O2/c1-4-15(5-2)10-6-7-11(12(14)9-16)13(8-10)17-3/h6-8,12,16H,4-5,9,14H2,1-3H3/t12-/m0/s1. The molecule has 96 valence electrons. The Hall–Kier alpha value is -1.26. The van der Waals surface area contributed by atoms with E-state index in [0.29, 0.717) is 0 Å². The van der Waals surface area contributed by atoms with Crippen LogP contribution in [0.1, 0.15) is 25.5 Å². The second kappa shape index (κ2) is 6.47. The minimum Gasteiger partial charge on any atom is -0.496 e. The normalized spacial score (nSPS) is 12.3. The summed E-state index contributed by atoms with van der Waals surface area (Å²) >= 11 is 0. The van der Waals surface area contributed by atoms with Crippen molar-refractivity contribution in [2.45, 2.75) is 19.9 Å². The molecule has 4 nitrogen and oxygen atoms in total. The molecule has 1 rings (SSSR count). The third-order valence-corrected chi connectivity index (χ3v) is 2.94. The predicted molar refractivity (Wildman–Crippen MR) is 70.6 cm³/mol. The predicted octanol–water partition coefficient (Wildman–Crippen LogP) is 1.53. The van der Waals surface area contributed by atoms with E-state index in [0.717, 1.165) is 30.1 Å². The molecule has 0 radical (unpaired) electrons. The molecule has 0 unspecified atom stereocenters. The maximum atomic E-state index is 9.09. The first kappa shape index (κ1) is 13.8. The van der Waals surface area contributed by atoms with E-state index < -0.39 is 6.04 Å². The number of nitrogens with two attached hydrogens (primary N) is 1. The molecular formula is C13H22N2O2. The number of ether oxygens (including phenoxy) is 1. The van der Waals surface area contributed by atoms with Crippen LogP contribution in [0, 0.1) is 0 Å². The lowest BCUT2D eigenvalue weighted by molar-refractivity contribution is 0.264. The Morgan fingerprint density at radius 1 is 1.35 bits per heavy atom. The second-order valence-corrected chi connectivity index (χ2v) is 3.89. The number of methoxy groups -OCH3 is 1. The van der Waals surface area contributed by atoms with Crippen LogP contribution in [-0.4, -0.2) is 31.9 Å². The molecule has 0 saturated carbocycles. The first-order valence-corrected chi connectivity index (χ1v) is 5.97. The molecule has 0 fully saturated rings. The fourth-order valence-electron chi connectivity index (χ4n) is 1.89. The average Bonchev–Trinajstić information content (AvgIpc) is 2.39. The number of hydrogen-bond acceptors (Lipinski definition) is 4. The molecule has 0 bridgehead atoms. The van der Waals surface area contributed by atoms with Crippen molar-refractivity contribution in [3.8, 4) is 5.75 Å². The van der Waals surface area contributed by atoms with Crippen LogP contribution in [-0.2, 0) is 0 Å². The summed E-state index contributed by atoms with van der Waals surface area (Å²) in [4.78, 5) is 2.23. The maximum Gasteiger partial charge on any atom is 0.125 e. The molecule has 0 saturated heterocycles. The van der Waals surface area contributed by atoms with Crippen molar-refractivity contribution in [3.05, 3.63) is 23.8 Å². The molecule has 3 N–H and O–H groups in total. The molecule has 0 amide bonds. The highest BCUT2D eigenvalue weighted by molar-refractivity contribution is 5.54. The minimum atomic E-state index is -0.393. The van der Waals surface area contributed by atoms with Crippen LogP contribution in [0.15, 0.2) is 18.2 Å². The lowest BCUT2D eigenvalue weighted by atomic mass is 10.1. The number of rotatable bonds is 6. The molecule has 0 aliphatic rings. The second-order valence-electron chi connectivity index (χ2n) is 3.89. The van der Waals surface area contributed by atoms with Gasteiger partial charge in [-0.05, 0) is 19.9 Å². The van der Waals surface area contributed by atoms with Gasteiger partial charge < -0.3 is 20.5 Å². The number of aliphatic hydroxyl groups excluding tert-OH is 1. The molecule has 4 heteroatoms. The molecule has 0 heterocycles. The Morgan fingerprint density at radius 3 is 2.47 bits per heavy atom. The van der Waals surface area contributed by atoms with Crippen LogP contribution in [0.5, 0.6) is 5.75 Å². The van der Waals surface area contributed by atoms with Crippen molar-refractivity contribution in [1.82, 2.24) is 0 Å². The smallest absolute Gasteiger partial charge is 0.125 e. The van der Waals surface area contributed by atoms with Crippen LogP contribution in [0.2, 0.25) is 0 Å². The van der Waals surface area contributed by atoms with E-state index in [4.69, 9.17) is 15.6 Å². The van der Waals surface area contributed by atoms with Gasteiger partial charge in [0.2, 0.25) is 0 Å². The van der Waals surface area contributed by atoms with E-state index in [1.54, 1.807) is 7.11 Å². The molecule has 0 aromatic heterocycles. The average molecular weight is 238 g/mol. The first-order valence-electron chi connectivity index (χ1n) is 5.97. The molecule has 0 aliphatic heterocycles. The topological polar surface area (TPSA) is 58.7 Å². The van der Waals surface area contributed by atoms with E-state index in [1.165, 1.54) is 0 Å². The highest BCUT2D eigenvalue weighted by Crippen LogP contribution is 2.28. The zero-order valence-corrected chi connectivity index (χ0v) is 10.8. The van der Waals surface area contributed by atoms with Crippen LogP contribution in [0.4, 0.5) is 5.69 Å². The van der Waals surface area contributed by atoms with Gasteiger partial charge in [-0.25, -0.2) is 0 Å². The van der Waals surface area contributed by atoms with Crippen molar-refractivity contribution in [2.75, 3.05) is 31.7 Å². The fourth-order valence-corrected chi connectivity index (χ4v) is 1.89. The highest BCUT2D eigenvalue weighted by Gasteiger charge is 2.13. The van der Waals surface area contributed by atoms with E-state index in [-0.39, 0.29) is 6.61 Å². The third kappa shape index (κ3) is 3.11. The van der Waals surface area contributed by atoms with Crippen molar-refractivity contribution in [2.24, 2.45) is 5.73 Å². The van der Waals surface area contributed by atoms with Crippen molar-refractivity contribution in [3.63, 3.8) is 0 Å². The molecule has 0 aliphatic carbocycles. The zero-order valence-electron chi connectivity index (χ0n) is 10.8. The molecule has 1 aromatic carbocycles. The third-order valence-electron chi connectivity index (χ3n) is 2.94. The summed E-state index contributed by atoms with van der Waals surface area (Å²) < 4.78 is 5.33. The van der Waals surface area contributed by atoms with Gasteiger partial charge in [-0.3, -0.25) is 0 Å². The highest BCUT2D eigenvalue weighted by atomic mass is 16.5. The van der Waals surface area contributed by atoms with Crippen LogP contribution >= 0.6 is 0 Å². The SMILES string of the molecule is CCN(CC)c1ccc([C@@H](N)CO)c(OC)c1. The first-order chi connectivity index (χ1) is 8.17. The van der Waals surface area contributed by atoms with Gasteiger partial charge in [0.25, 0.3) is 0 Å². The quantitative estimate of drug-likeness (QED) is 0.789. The summed E-state index contributed by atoms with van der Waals surface area (Å²) in [5.41, 5.74) is 7.77. The number of anilines is 1. The number of aliphatic hydroxyl groups is 1. The minimum absolute atomic E-state index is 0.0824. The molecule has 17 heavy (non-hydrogen) atoms. The Labute approximate surface area is 103 Å². The molecule has 1 atom stereocenters. The number of nitrogens with zero attached hydrogens (tertiary/aromatic N) is 1. The summed E-state index contributed by atoms with van der Waals surface area (Å²) in [6.45, 7) is 6.05. The molecule has 1 aromatic rings. The Bertz CT molecular complexity index is 351. The summed E-state index contributed by atoms with van der Waals surface area (Å²) in [5.74, 6) is 0.732. The fraction of sp³-hybridized carbons (Fsp3) is 0.538. The summed E-state index contributed by atoms with van der Waals surface area (Å²) in [6.07, 6.45) is 0. The van der Waals surface area contributed by atoms with Crippen molar-refractivity contribution >= 4 is 5.69 Å². The van der Waals surface area contributed by atoms with Crippen molar-refractivity contribution in [1.29, 1.82) is 0 Å². The summed E-state index contributed by atoms with van der Waals surface area (Å²) in [5, 5.41) is 9.09. The van der Waals surface area contributed by atoms with Crippen LogP contribution in [0.25, 0.3) is 0 Å². The largest absolute Gasteiger partial charge is 0.496 e. The van der Waals surface area contributed by atoms with Gasteiger partial charge in [-0.2, -0.15) is 0 Å². The van der Waals surface area contributed by atoms with Gasteiger partial charge >= 0.3 is 0 Å². The van der Waals surface area contributed by atoms with Crippen LogP contribution < -0.4 is 15.4 Å². The van der Waals surface area contributed by atoms with E-state index in [1.807, 2.05) is 18.2 Å². The maximum absolute atomic E-state index is 9.09. The number of hydrogen-bond donors (Lipinski definition) is 2. The summed E-state index contributed by atoms with van der Waals surface area (Å²) in [6, 6.07) is 5.52. The van der Waals surface area contributed by atoms with Gasteiger partial charge in [0.05, 0.1) is 19.8 Å². The van der Waals surface area contributed by atoms with Crippen molar-refractivity contribution < 1.29 is 9.84 Å². The molecular weight excluding hydrogens is 216 g/mol. The van der Waals surface area contributed by atoms with E-state index in [2.05, 4.69) is 18.7 Å². The van der Waals surface area contributed by atoms with E-state index in [9.17, 15) is 0 Å². The van der Waals surface area contributed by atoms with E-state index >= 15 is 0 Å². The zero-order chi connectivity index (χ0) is 12.8. The molecule has 0 spiro atoms. The summed E-state index contributed by atoms with van der Waals surface area (Å²) in [7, 11) is 1.62. The number of benzene rings is 1. The lowest BCUT2D eigenvalue weighted by Crippen LogP contribution is -2.22.